The van der Waals surface area contributed by atoms with Crippen LogP contribution in [0.4, 0.5) is 0 Å². The van der Waals surface area contributed by atoms with Crippen LogP contribution in [0.25, 0.3) is 0 Å². The number of esters is 1. The Labute approximate surface area is 163 Å². The van der Waals surface area contributed by atoms with Crippen LogP contribution in [0.1, 0.15) is 33.7 Å². The fourth-order valence-corrected chi connectivity index (χ4v) is 2.78. The van der Waals surface area contributed by atoms with Gasteiger partial charge in [-0.2, -0.15) is 10.4 Å². The number of nitrogens with zero attached hydrogens (tertiary/aromatic N) is 4. The average molecular weight is 389 g/mol. The molecular weight excluding hydrogens is 368 g/mol. The van der Waals surface area contributed by atoms with Crippen molar-refractivity contribution in [2.45, 2.75) is 26.8 Å². The molecular formula is C19H21ClN4O3. The number of hydrogen-bond acceptors (Lipinski definition) is 5. The topological polar surface area (TPSA) is 88.2 Å². The lowest BCUT2D eigenvalue weighted by Gasteiger charge is -2.15. The minimum atomic E-state index is -0.600. The smallest absolute Gasteiger partial charge is 0.342 e. The molecule has 0 N–H and O–H groups in total. The van der Waals surface area contributed by atoms with Gasteiger partial charge in [-0.05, 0) is 25.5 Å². The van der Waals surface area contributed by atoms with Gasteiger partial charge in [0.1, 0.15) is 5.56 Å². The van der Waals surface area contributed by atoms with Crippen LogP contribution in [0.5, 0.6) is 0 Å². The highest BCUT2D eigenvalue weighted by Crippen LogP contribution is 2.20. The largest absolute Gasteiger partial charge is 0.452 e. The SMILES string of the molecule is Cc1nn(Cc2ccccc2Cl)c(C)c1C(=O)OCC(=O)N(C)CCC#N. The molecule has 0 unspecified atom stereocenters. The van der Waals surface area contributed by atoms with Crippen molar-refractivity contribution in [3.63, 3.8) is 0 Å². The molecule has 1 aromatic heterocycles. The van der Waals surface area contributed by atoms with Crippen LogP contribution in [0.15, 0.2) is 24.3 Å². The first kappa shape index (κ1) is 20.5. The number of nitriles is 1. The zero-order chi connectivity index (χ0) is 20.0. The molecule has 0 fully saturated rings. The summed E-state index contributed by atoms with van der Waals surface area (Å²) >= 11 is 6.19. The fourth-order valence-electron chi connectivity index (χ4n) is 2.59. The first-order chi connectivity index (χ1) is 12.8. The molecule has 27 heavy (non-hydrogen) atoms. The Morgan fingerprint density at radius 2 is 2.04 bits per heavy atom. The van der Waals surface area contributed by atoms with Gasteiger partial charge in [0.05, 0.1) is 30.4 Å². The minimum absolute atomic E-state index is 0.225. The molecule has 2 rings (SSSR count). The second-order valence-corrected chi connectivity index (χ2v) is 6.50. The van der Waals surface area contributed by atoms with Gasteiger partial charge in [0.15, 0.2) is 6.61 Å². The van der Waals surface area contributed by atoms with E-state index in [1.807, 2.05) is 24.3 Å². The minimum Gasteiger partial charge on any atom is -0.452 e. The van der Waals surface area contributed by atoms with E-state index in [0.717, 1.165) is 5.56 Å². The van der Waals surface area contributed by atoms with Gasteiger partial charge < -0.3 is 9.64 Å². The molecule has 0 saturated carbocycles. The Kier molecular flexibility index (Phi) is 6.97. The van der Waals surface area contributed by atoms with Crippen molar-refractivity contribution < 1.29 is 14.3 Å². The van der Waals surface area contributed by atoms with Crippen molar-refractivity contribution in [1.82, 2.24) is 14.7 Å². The molecule has 0 aliphatic heterocycles. The molecule has 8 heteroatoms. The van der Waals surface area contributed by atoms with Gasteiger partial charge in [0.2, 0.25) is 0 Å². The summed E-state index contributed by atoms with van der Waals surface area (Å²) in [4.78, 5) is 25.7. The molecule has 1 heterocycles. The maximum Gasteiger partial charge on any atom is 0.342 e. The third-order valence-electron chi connectivity index (χ3n) is 4.18. The number of hydrogen-bond donors (Lipinski definition) is 0. The zero-order valence-corrected chi connectivity index (χ0v) is 16.3. The van der Waals surface area contributed by atoms with Crippen molar-refractivity contribution in [3.05, 3.63) is 51.8 Å². The number of ether oxygens (including phenoxy) is 1. The number of aryl methyl sites for hydroxylation is 1. The van der Waals surface area contributed by atoms with E-state index in [4.69, 9.17) is 21.6 Å². The molecule has 142 valence electrons. The van der Waals surface area contributed by atoms with Crippen molar-refractivity contribution in [2.75, 3.05) is 20.2 Å². The highest BCUT2D eigenvalue weighted by atomic mass is 35.5. The first-order valence-electron chi connectivity index (χ1n) is 8.40. The molecule has 1 amide bonds. The number of halogens is 1. The van der Waals surface area contributed by atoms with Gasteiger partial charge in [-0.25, -0.2) is 4.79 Å². The third kappa shape index (κ3) is 5.08. The zero-order valence-electron chi connectivity index (χ0n) is 15.5. The van der Waals surface area contributed by atoms with E-state index in [0.29, 0.717) is 35.1 Å². The summed E-state index contributed by atoms with van der Waals surface area (Å²) in [5.41, 5.74) is 2.39. The Balaban J connectivity index is 2.07. The van der Waals surface area contributed by atoms with E-state index >= 15 is 0 Å². The van der Waals surface area contributed by atoms with Crippen LogP contribution in [-0.4, -0.2) is 46.8 Å². The van der Waals surface area contributed by atoms with Gasteiger partial charge in [-0.3, -0.25) is 9.48 Å². The monoisotopic (exact) mass is 388 g/mol. The number of amides is 1. The van der Waals surface area contributed by atoms with Crippen LogP contribution in [0.3, 0.4) is 0 Å². The molecule has 0 bridgehead atoms. The molecule has 2 aromatic rings. The summed E-state index contributed by atoms with van der Waals surface area (Å²) in [5.74, 6) is -0.963. The fraction of sp³-hybridized carbons (Fsp3) is 0.368. The predicted octanol–water partition coefficient (Wildman–Crippen LogP) is 2.73. The standard InChI is InChI=1S/C19H21ClN4O3/c1-13-18(19(26)27-12-17(25)23(3)10-6-9-21)14(2)24(22-13)11-15-7-4-5-8-16(15)20/h4-5,7-8H,6,10-12H2,1-3H3. The lowest BCUT2D eigenvalue weighted by Crippen LogP contribution is -2.32. The lowest BCUT2D eigenvalue weighted by atomic mass is 10.2. The van der Waals surface area contributed by atoms with Gasteiger partial charge in [0, 0.05) is 18.6 Å². The summed E-state index contributed by atoms with van der Waals surface area (Å²) in [5, 5.41) is 13.6. The Morgan fingerprint density at radius 3 is 2.70 bits per heavy atom. The van der Waals surface area contributed by atoms with Crippen LogP contribution in [-0.2, 0) is 16.1 Å². The molecule has 0 atom stereocenters. The van der Waals surface area contributed by atoms with Crippen LogP contribution >= 0.6 is 11.6 Å². The first-order valence-corrected chi connectivity index (χ1v) is 8.78. The van der Waals surface area contributed by atoms with E-state index in [2.05, 4.69) is 5.10 Å². The molecule has 1 aromatic carbocycles. The maximum absolute atomic E-state index is 12.4. The summed E-state index contributed by atoms with van der Waals surface area (Å²) < 4.78 is 6.84. The normalized spacial score (nSPS) is 10.3. The Hall–Kier alpha value is -2.85. The highest BCUT2D eigenvalue weighted by molar-refractivity contribution is 6.31. The summed E-state index contributed by atoms with van der Waals surface area (Å²) in [6.45, 7) is 3.83. The number of rotatable bonds is 7. The second kappa shape index (κ2) is 9.19. The number of likely N-dealkylation sites (N-methyl/N-ethyl adjacent to an activating group) is 1. The van der Waals surface area contributed by atoms with Crippen LogP contribution < -0.4 is 0 Å². The van der Waals surface area contributed by atoms with Crippen LogP contribution in [0, 0.1) is 25.2 Å². The maximum atomic E-state index is 12.4. The van der Waals surface area contributed by atoms with Crippen molar-refractivity contribution in [3.8, 4) is 6.07 Å². The lowest BCUT2D eigenvalue weighted by molar-refractivity contribution is -0.133. The van der Waals surface area contributed by atoms with Crippen molar-refractivity contribution in [1.29, 1.82) is 5.26 Å². The third-order valence-corrected chi connectivity index (χ3v) is 4.54. The second-order valence-electron chi connectivity index (χ2n) is 6.09. The molecule has 7 nitrogen and oxygen atoms in total. The van der Waals surface area contributed by atoms with E-state index in [9.17, 15) is 9.59 Å². The number of carbonyl (C=O) groups excluding carboxylic acids is 2. The van der Waals surface area contributed by atoms with Crippen molar-refractivity contribution >= 4 is 23.5 Å². The van der Waals surface area contributed by atoms with Gasteiger partial charge in [-0.15, -0.1) is 0 Å². The molecule has 0 radical (unpaired) electrons. The van der Waals surface area contributed by atoms with Crippen molar-refractivity contribution in [2.24, 2.45) is 0 Å². The summed E-state index contributed by atoms with van der Waals surface area (Å²) in [7, 11) is 1.56. The summed E-state index contributed by atoms with van der Waals surface area (Å²) in [6.07, 6.45) is 0.225. The quantitative estimate of drug-likeness (QED) is 0.680. The predicted molar refractivity (Wildman–Crippen MR) is 100 cm³/mol. The van der Waals surface area contributed by atoms with E-state index in [1.54, 1.807) is 31.6 Å². The van der Waals surface area contributed by atoms with Crippen LogP contribution in [0.2, 0.25) is 5.02 Å². The number of benzene rings is 1. The molecule has 0 spiro atoms. The van der Waals surface area contributed by atoms with Gasteiger partial charge >= 0.3 is 5.97 Å². The molecule has 0 saturated heterocycles. The molecule has 0 aliphatic carbocycles. The molecule has 0 aliphatic rings. The van der Waals surface area contributed by atoms with Gasteiger partial charge in [0.25, 0.3) is 5.91 Å². The highest BCUT2D eigenvalue weighted by Gasteiger charge is 2.22. The number of aromatic nitrogens is 2. The number of carbonyl (C=O) groups is 2. The van der Waals surface area contributed by atoms with Gasteiger partial charge in [-0.1, -0.05) is 29.8 Å². The van der Waals surface area contributed by atoms with E-state index in [1.165, 1.54) is 4.90 Å². The van der Waals surface area contributed by atoms with E-state index in [-0.39, 0.29) is 18.9 Å². The van der Waals surface area contributed by atoms with E-state index < -0.39 is 5.97 Å². The summed E-state index contributed by atoms with van der Waals surface area (Å²) in [6, 6.07) is 9.39. The Bertz CT molecular complexity index is 886. The average Bonchev–Trinajstić information content (AvgIpc) is 2.92. The Morgan fingerprint density at radius 1 is 1.33 bits per heavy atom.